The lowest BCUT2D eigenvalue weighted by Crippen LogP contribution is -2.20. The number of carbonyl (C=O) groups excluding carboxylic acids is 1. The van der Waals surface area contributed by atoms with Crippen LogP contribution in [0, 0.1) is 6.92 Å². The zero-order valence-corrected chi connectivity index (χ0v) is 13.4. The molecule has 3 nitrogen and oxygen atoms in total. The Labute approximate surface area is 139 Å². The van der Waals surface area contributed by atoms with E-state index in [2.05, 4.69) is 5.32 Å². The summed E-state index contributed by atoms with van der Waals surface area (Å²) in [7, 11) is 0. The fourth-order valence-electron chi connectivity index (χ4n) is 2.39. The third kappa shape index (κ3) is 3.63. The molecule has 0 atom stereocenters. The maximum absolute atomic E-state index is 12.1. The Kier molecular flexibility index (Phi) is 4.49. The largest absolute Gasteiger partial charge is 0.483 e. The maximum atomic E-state index is 12.1. The van der Waals surface area contributed by atoms with Gasteiger partial charge in [0, 0.05) is 5.39 Å². The summed E-state index contributed by atoms with van der Waals surface area (Å²) >= 11 is 6.08. The molecule has 23 heavy (non-hydrogen) atoms. The Balaban J connectivity index is 1.70. The number of benzene rings is 3. The zero-order chi connectivity index (χ0) is 16.2. The summed E-state index contributed by atoms with van der Waals surface area (Å²) < 4.78 is 5.67. The second-order valence-corrected chi connectivity index (χ2v) is 5.70. The molecular weight excluding hydrogens is 310 g/mol. The van der Waals surface area contributed by atoms with E-state index in [0.717, 1.165) is 16.3 Å². The van der Waals surface area contributed by atoms with E-state index in [1.54, 1.807) is 6.07 Å². The van der Waals surface area contributed by atoms with Crippen molar-refractivity contribution in [2.75, 3.05) is 11.9 Å². The zero-order valence-electron chi connectivity index (χ0n) is 12.7. The molecule has 0 fully saturated rings. The van der Waals surface area contributed by atoms with Crippen LogP contribution in [0.4, 0.5) is 5.69 Å². The SMILES string of the molecule is Cc1ccc(Cl)c(NC(=O)COc2cccc3ccccc23)c1. The maximum Gasteiger partial charge on any atom is 0.262 e. The quantitative estimate of drug-likeness (QED) is 0.747. The molecule has 0 bridgehead atoms. The van der Waals surface area contributed by atoms with E-state index >= 15 is 0 Å². The molecule has 0 saturated carbocycles. The minimum Gasteiger partial charge on any atom is -0.483 e. The van der Waals surface area contributed by atoms with Gasteiger partial charge >= 0.3 is 0 Å². The summed E-state index contributed by atoms with van der Waals surface area (Å²) in [6.07, 6.45) is 0. The molecule has 3 rings (SSSR count). The number of carbonyl (C=O) groups is 1. The van der Waals surface area contributed by atoms with Gasteiger partial charge in [-0.15, -0.1) is 0 Å². The fraction of sp³-hybridized carbons (Fsp3) is 0.105. The Morgan fingerprint density at radius 3 is 2.74 bits per heavy atom. The number of ether oxygens (including phenoxy) is 1. The number of hydrogen-bond donors (Lipinski definition) is 1. The van der Waals surface area contributed by atoms with E-state index < -0.39 is 0 Å². The van der Waals surface area contributed by atoms with Crippen LogP contribution in [0.5, 0.6) is 5.75 Å². The molecule has 0 heterocycles. The number of anilines is 1. The van der Waals surface area contributed by atoms with Crippen molar-refractivity contribution >= 4 is 34.0 Å². The van der Waals surface area contributed by atoms with Crippen molar-refractivity contribution in [3.05, 3.63) is 71.2 Å². The van der Waals surface area contributed by atoms with E-state index in [0.29, 0.717) is 16.5 Å². The van der Waals surface area contributed by atoms with E-state index in [1.807, 2.05) is 61.5 Å². The molecule has 0 aliphatic carbocycles. The Bertz CT molecular complexity index is 856. The van der Waals surface area contributed by atoms with Gasteiger partial charge in [-0.1, -0.05) is 54.1 Å². The van der Waals surface area contributed by atoms with Gasteiger partial charge in [0.25, 0.3) is 5.91 Å². The van der Waals surface area contributed by atoms with Crippen molar-refractivity contribution in [1.82, 2.24) is 0 Å². The Hall–Kier alpha value is -2.52. The van der Waals surface area contributed by atoms with Crippen molar-refractivity contribution in [1.29, 1.82) is 0 Å². The van der Waals surface area contributed by atoms with Crippen LogP contribution in [0.1, 0.15) is 5.56 Å². The molecule has 0 spiro atoms. The monoisotopic (exact) mass is 325 g/mol. The van der Waals surface area contributed by atoms with Crippen LogP contribution in [0.3, 0.4) is 0 Å². The second kappa shape index (κ2) is 6.71. The lowest BCUT2D eigenvalue weighted by Gasteiger charge is -2.11. The molecule has 3 aromatic rings. The van der Waals surface area contributed by atoms with Crippen LogP contribution in [0.25, 0.3) is 10.8 Å². The highest BCUT2D eigenvalue weighted by molar-refractivity contribution is 6.33. The first-order chi connectivity index (χ1) is 11.1. The minimum atomic E-state index is -0.245. The molecule has 1 amide bonds. The number of aryl methyl sites for hydroxylation is 1. The highest BCUT2D eigenvalue weighted by Crippen LogP contribution is 2.25. The van der Waals surface area contributed by atoms with Gasteiger partial charge in [0.1, 0.15) is 5.75 Å². The normalized spacial score (nSPS) is 10.5. The number of amides is 1. The molecular formula is C19H16ClNO2. The molecule has 0 unspecified atom stereocenters. The number of rotatable bonds is 4. The first-order valence-corrected chi connectivity index (χ1v) is 7.68. The number of fused-ring (bicyclic) bond motifs is 1. The lowest BCUT2D eigenvalue weighted by molar-refractivity contribution is -0.118. The van der Waals surface area contributed by atoms with Crippen LogP contribution in [0.15, 0.2) is 60.7 Å². The second-order valence-electron chi connectivity index (χ2n) is 5.30. The average Bonchev–Trinajstić information content (AvgIpc) is 2.56. The number of nitrogens with one attached hydrogen (secondary N) is 1. The smallest absolute Gasteiger partial charge is 0.262 e. The third-order valence-electron chi connectivity index (χ3n) is 3.50. The molecule has 4 heteroatoms. The summed E-state index contributed by atoms with van der Waals surface area (Å²) in [6, 6.07) is 19.2. The molecule has 1 N–H and O–H groups in total. The van der Waals surface area contributed by atoms with Crippen LogP contribution in [-0.4, -0.2) is 12.5 Å². The average molecular weight is 326 g/mol. The highest BCUT2D eigenvalue weighted by Gasteiger charge is 2.08. The van der Waals surface area contributed by atoms with Gasteiger partial charge < -0.3 is 10.1 Å². The molecule has 0 aliphatic rings. The van der Waals surface area contributed by atoms with Crippen molar-refractivity contribution in [2.24, 2.45) is 0 Å². The van der Waals surface area contributed by atoms with Crippen LogP contribution < -0.4 is 10.1 Å². The highest BCUT2D eigenvalue weighted by atomic mass is 35.5. The van der Waals surface area contributed by atoms with E-state index in [1.165, 1.54) is 0 Å². The Morgan fingerprint density at radius 1 is 1.09 bits per heavy atom. The molecule has 0 aromatic heterocycles. The van der Waals surface area contributed by atoms with E-state index in [9.17, 15) is 4.79 Å². The first kappa shape index (κ1) is 15.4. The van der Waals surface area contributed by atoms with Crippen molar-refractivity contribution in [3.63, 3.8) is 0 Å². The van der Waals surface area contributed by atoms with Crippen molar-refractivity contribution in [3.8, 4) is 5.75 Å². The van der Waals surface area contributed by atoms with Crippen molar-refractivity contribution in [2.45, 2.75) is 6.92 Å². The first-order valence-electron chi connectivity index (χ1n) is 7.30. The van der Waals surface area contributed by atoms with Gasteiger partial charge in [-0.3, -0.25) is 4.79 Å². The van der Waals surface area contributed by atoms with Gasteiger partial charge in [-0.25, -0.2) is 0 Å². The van der Waals surface area contributed by atoms with Gasteiger partial charge in [-0.2, -0.15) is 0 Å². The predicted octanol–water partition coefficient (Wildman–Crippen LogP) is 4.82. The summed E-state index contributed by atoms with van der Waals surface area (Å²) in [5.41, 5.74) is 1.62. The van der Waals surface area contributed by atoms with Crippen LogP contribution in [-0.2, 0) is 4.79 Å². The molecule has 3 aromatic carbocycles. The molecule has 0 saturated heterocycles. The summed E-state index contributed by atoms with van der Waals surface area (Å²) in [6.45, 7) is 1.87. The van der Waals surface area contributed by atoms with Crippen LogP contribution in [0.2, 0.25) is 5.02 Å². The van der Waals surface area contributed by atoms with E-state index in [-0.39, 0.29) is 12.5 Å². The predicted molar refractivity (Wildman–Crippen MR) is 94.3 cm³/mol. The molecule has 0 radical (unpaired) electrons. The minimum absolute atomic E-state index is 0.0712. The van der Waals surface area contributed by atoms with E-state index in [4.69, 9.17) is 16.3 Å². The fourth-order valence-corrected chi connectivity index (χ4v) is 2.55. The Morgan fingerprint density at radius 2 is 1.87 bits per heavy atom. The summed E-state index contributed by atoms with van der Waals surface area (Å²) in [5.74, 6) is 0.444. The van der Waals surface area contributed by atoms with Crippen molar-refractivity contribution < 1.29 is 9.53 Å². The summed E-state index contributed by atoms with van der Waals surface area (Å²) in [4.78, 5) is 12.1. The van der Waals surface area contributed by atoms with Crippen LogP contribution >= 0.6 is 11.6 Å². The number of hydrogen-bond acceptors (Lipinski definition) is 2. The topological polar surface area (TPSA) is 38.3 Å². The van der Waals surface area contributed by atoms with Gasteiger partial charge in [0.15, 0.2) is 6.61 Å². The van der Waals surface area contributed by atoms with Gasteiger partial charge in [0.05, 0.1) is 10.7 Å². The molecule has 116 valence electrons. The lowest BCUT2D eigenvalue weighted by atomic mass is 10.1. The molecule has 0 aliphatic heterocycles. The third-order valence-corrected chi connectivity index (χ3v) is 3.83. The standard InChI is InChI=1S/C19H16ClNO2/c1-13-9-10-16(20)17(11-13)21-19(22)12-23-18-8-4-6-14-5-2-3-7-15(14)18/h2-11H,12H2,1H3,(H,21,22). The van der Waals surface area contributed by atoms with Gasteiger partial charge in [-0.05, 0) is 36.1 Å². The summed E-state index contributed by atoms with van der Waals surface area (Å²) in [5, 5.41) is 5.34. The van der Waals surface area contributed by atoms with Gasteiger partial charge in [0.2, 0.25) is 0 Å². The number of halogens is 1.